The molecule has 0 radical (unpaired) electrons. The zero-order valence-electron chi connectivity index (χ0n) is 60.4. The Balaban J connectivity index is 1.01. The van der Waals surface area contributed by atoms with E-state index in [4.69, 9.17) is 13.8 Å². The highest BCUT2D eigenvalue weighted by Gasteiger charge is 2.35. The maximum Gasteiger partial charge on any atom is 0.147 e. The van der Waals surface area contributed by atoms with E-state index < -0.39 is 0 Å². The first-order valence-electron chi connectivity index (χ1n) is 36.0. The molecule has 0 spiro atoms. The van der Waals surface area contributed by atoms with E-state index in [0.717, 1.165) is 144 Å². The van der Waals surface area contributed by atoms with E-state index in [-0.39, 0.29) is 21.7 Å². The summed E-state index contributed by atoms with van der Waals surface area (Å²) >= 11 is 0. The maximum absolute atomic E-state index is 13.1. The quantitative estimate of drug-likeness (QED) is 0.152. The molecule has 7 nitrogen and oxygen atoms in total. The van der Waals surface area contributed by atoms with E-state index in [2.05, 4.69) is 346 Å². The molecule has 5 heterocycles. The third kappa shape index (κ3) is 10.1. The van der Waals surface area contributed by atoms with Crippen LogP contribution in [0.5, 0.6) is 0 Å². The van der Waals surface area contributed by atoms with Gasteiger partial charge in [-0.05, 0) is 193 Å². The number of hydrogen-bond donors (Lipinski definition) is 0. The molecule has 0 aliphatic rings. The number of imidazole rings is 1. The van der Waals surface area contributed by atoms with Gasteiger partial charge in [0.2, 0.25) is 0 Å². The summed E-state index contributed by atoms with van der Waals surface area (Å²) in [6, 6.07) is 97.6. The van der Waals surface area contributed by atoms with Crippen LogP contribution in [-0.2, 0) is 21.7 Å². The van der Waals surface area contributed by atoms with Gasteiger partial charge in [0, 0.05) is 82.4 Å². The Labute approximate surface area is 600 Å². The third-order valence-electron chi connectivity index (χ3n) is 21.6. The molecule has 0 fully saturated rings. The summed E-state index contributed by atoms with van der Waals surface area (Å²) in [4.78, 5) is 5.89. The highest BCUT2D eigenvalue weighted by Crippen LogP contribution is 2.57. The summed E-state index contributed by atoms with van der Waals surface area (Å²) in [5.41, 5.74) is 25.2. The summed E-state index contributed by atoms with van der Waals surface area (Å²) in [5, 5.41) is 21.7. The minimum Gasteiger partial charge on any atom is -0.456 e. The smallest absolute Gasteiger partial charge is 0.147 e. The van der Waals surface area contributed by atoms with Crippen LogP contribution in [0.1, 0.15) is 111 Å². The topological polar surface area (TPSA) is 77.8 Å². The second-order valence-corrected chi connectivity index (χ2v) is 32.2. The van der Waals surface area contributed by atoms with Crippen molar-refractivity contribution in [3.05, 3.63) is 289 Å². The molecule has 0 atom stereocenters. The van der Waals surface area contributed by atoms with Crippen LogP contribution in [-0.4, -0.2) is 18.7 Å². The number of furan rings is 2. The van der Waals surface area contributed by atoms with Gasteiger partial charge in [0.15, 0.2) is 0 Å². The Morgan fingerprint density at radius 3 is 1.12 bits per heavy atom. The molecule has 500 valence electrons. The predicted octanol–water partition coefficient (Wildman–Crippen LogP) is 26.4. The molecule has 0 aliphatic carbocycles. The van der Waals surface area contributed by atoms with Gasteiger partial charge in [-0.15, -0.1) is 0 Å². The Bertz CT molecular complexity index is 6420. The zero-order valence-corrected chi connectivity index (χ0v) is 60.4. The van der Waals surface area contributed by atoms with Crippen LogP contribution in [0.3, 0.4) is 0 Å². The molecule has 103 heavy (non-hydrogen) atoms. The van der Waals surface area contributed by atoms with Gasteiger partial charge in [-0.25, -0.2) is 4.98 Å². The summed E-state index contributed by atoms with van der Waals surface area (Å²) in [7, 11) is 0. The largest absolute Gasteiger partial charge is 0.456 e. The molecule has 0 amide bonds. The number of aromatic nitrogens is 4. The highest BCUT2D eigenvalue weighted by atomic mass is 16.3. The van der Waals surface area contributed by atoms with E-state index in [0.29, 0.717) is 11.4 Å². The first-order valence-corrected chi connectivity index (χ1v) is 36.0. The number of nitriles is 1. The standard InChI is InChI=1S/C96H79N5O2/c1-93(2,3)59-40-48-76-70(52-59)71-53-60(94(4,5)6)41-49-77(71)99(76)64-44-36-57(37-45-64)85-74(56-97)89(68-28-22-34-83-87(68)66-26-16-20-32-81(66)102-83)86(58-38-46-65(47-39-58)100-78-50-42-61(95(7,8)9)54-72(78)73-55-62(96(10,11)12)43-51-79(73)100)90(69-29-23-35-84-88(69)67-27-17-21-33-82(67)103-84)91(85)92-98-75-30-18-19-31-80(75)101(92)63-24-14-13-15-25-63/h13-55H,1-12H3. The van der Waals surface area contributed by atoms with Crippen LogP contribution in [0, 0.1) is 11.3 Å². The Kier molecular flexibility index (Phi) is 14.1. The SMILES string of the molecule is CC(C)(C)c1ccc2c(c1)c1cc(C(C)(C)C)ccc1n2-c1ccc(-c2c(C#N)c(-c3cccc4oc5ccccc5c34)c(-c3ccc(-n4c5ccc(C(C)(C)C)cc5c5cc(C(C)(C)C)ccc54)cc3)c(-c3cccc4oc5ccccc5c34)c2-c2nc3ccccc3n2-c2ccccc2)cc1. The van der Waals surface area contributed by atoms with Crippen molar-refractivity contribution >= 4 is 98.5 Å². The van der Waals surface area contributed by atoms with E-state index in [1.165, 1.54) is 43.8 Å². The van der Waals surface area contributed by atoms with Crippen molar-refractivity contribution in [1.82, 2.24) is 18.7 Å². The first-order chi connectivity index (χ1) is 49.6. The van der Waals surface area contributed by atoms with Crippen molar-refractivity contribution in [2.24, 2.45) is 0 Å². The molecule has 0 bridgehead atoms. The minimum atomic E-state index is -0.0617. The van der Waals surface area contributed by atoms with Crippen LogP contribution >= 0.6 is 0 Å². The highest BCUT2D eigenvalue weighted by molar-refractivity contribution is 6.22. The van der Waals surface area contributed by atoms with Gasteiger partial charge in [0.05, 0.1) is 38.7 Å². The average Bonchev–Trinajstić information content (AvgIpc) is 1.50. The van der Waals surface area contributed by atoms with E-state index in [1.54, 1.807) is 0 Å². The molecule has 5 aromatic heterocycles. The fourth-order valence-corrected chi connectivity index (χ4v) is 16.2. The Morgan fingerprint density at radius 2 is 0.680 bits per heavy atom. The molecule has 0 unspecified atom stereocenters. The summed E-state index contributed by atoms with van der Waals surface area (Å²) < 4.78 is 21.0. The summed E-state index contributed by atoms with van der Waals surface area (Å²) in [6.07, 6.45) is 0. The molecule has 0 N–H and O–H groups in total. The lowest BCUT2D eigenvalue weighted by atomic mass is 9.76. The van der Waals surface area contributed by atoms with Crippen LogP contribution in [0.2, 0.25) is 0 Å². The van der Waals surface area contributed by atoms with E-state index in [9.17, 15) is 5.26 Å². The normalized spacial score (nSPS) is 12.7. The molecule has 0 saturated heterocycles. The monoisotopic (exact) mass is 1330 g/mol. The van der Waals surface area contributed by atoms with Crippen molar-refractivity contribution < 1.29 is 8.83 Å². The van der Waals surface area contributed by atoms with E-state index in [1.807, 2.05) is 18.2 Å². The average molecular weight is 1330 g/mol. The molecular weight excluding hydrogens is 1260 g/mol. The summed E-state index contributed by atoms with van der Waals surface area (Å²) in [6.45, 7) is 27.5. The lowest BCUT2D eigenvalue weighted by Crippen LogP contribution is -2.10. The van der Waals surface area contributed by atoms with Crippen molar-refractivity contribution in [2.75, 3.05) is 0 Å². The number of para-hydroxylation sites is 5. The van der Waals surface area contributed by atoms with Crippen LogP contribution < -0.4 is 0 Å². The fourth-order valence-electron chi connectivity index (χ4n) is 16.2. The number of hydrogen-bond acceptors (Lipinski definition) is 4. The van der Waals surface area contributed by atoms with Gasteiger partial charge in [0.25, 0.3) is 0 Å². The fraction of sp³-hybridized carbons (Fsp3) is 0.167. The predicted molar refractivity (Wildman–Crippen MR) is 431 cm³/mol. The van der Waals surface area contributed by atoms with Crippen molar-refractivity contribution in [2.45, 2.75) is 105 Å². The number of rotatable bonds is 8. The van der Waals surface area contributed by atoms with Crippen molar-refractivity contribution in [1.29, 1.82) is 5.26 Å². The lowest BCUT2D eigenvalue weighted by molar-refractivity contribution is 0.590. The minimum absolute atomic E-state index is 0.0615. The van der Waals surface area contributed by atoms with Gasteiger partial charge >= 0.3 is 0 Å². The lowest BCUT2D eigenvalue weighted by Gasteiger charge is -2.27. The van der Waals surface area contributed by atoms with Crippen molar-refractivity contribution in [3.8, 4) is 79.0 Å². The molecule has 0 saturated carbocycles. The Hall–Kier alpha value is -12.0. The number of nitrogens with zero attached hydrogens (tertiary/aromatic N) is 5. The van der Waals surface area contributed by atoms with Gasteiger partial charge in [-0.3, -0.25) is 4.57 Å². The van der Waals surface area contributed by atoms with Crippen molar-refractivity contribution in [3.63, 3.8) is 0 Å². The van der Waals surface area contributed by atoms with Gasteiger partial charge in [-0.2, -0.15) is 5.26 Å². The first kappa shape index (κ1) is 63.2. The zero-order chi connectivity index (χ0) is 70.8. The van der Waals surface area contributed by atoms with Gasteiger partial charge in [0.1, 0.15) is 34.2 Å². The molecular formula is C96H79N5O2. The molecule has 13 aromatic carbocycles. The summed E-state index contributed by atoms with van der Waals surface area (Å²) in [5.74, 6) is 0.681. The number of fused-ring (bicyclic) bond motifs is 13. The van der Waals surface area contributed by atoms with Crippen LogP contribution in [0.4, 0.5) is 0 Å². The second kappa shape index (κ2) is 23.0. The molecule has 0 aliphatic heterocycles. The third-order valence-corrected chi connectivity index (χ3v) is 21.6. The molecule has 18 rings (SSSR count). The van der Waals surface area contributed by atoms with Crippen LogP contribution in [0.25, 0.3) is 171 Å². The van der Waals surface area contributed by atoms with Crippen LogP contribution in [0.15, 0.2) is 270 Å². The molecule has 7 heteroatoms. The van der Waals surface area contributed by atoms with Gasteiger partial charge in [-0.1, -0.05) is 223 Å². The van der Waals surface area contributed by atoms with E-state index >= 15 is 0 Å². The van der Waals surface area contributed by atoms with Gasteiger partial charge < -0.3 is 18.0 Å². The Morgan fingerprint density at radius 1 is 0.301 bits per heavy atom. The second-order valence-electron chi connectivity index (χ2n) is 32.2. The maximum atomic E-state index is 13.1. The number of benzene rings is 13. The molecule has 18 aromatic rings.